The first kappa shape index (κ1) is 6.90. The summed E-state index contributed by atoms with van der Waals surface area (Å²) in [4.78, 5) is 0. The van der Waals surface area contributed by atoms with Gasteiger partial charge in [0, 0.05) is 0 Å². The molecule has 3 heteroatoms. The zero-order chi connectivity index (χ0) is 6.85. The standard InChI is InChI=1S/C6H9F3/c7-4-2-1-3-5(8)6(4)9/h4-6H,1-3H2/t4-,5+,6?. The van der Waals surface area contributed by atoms with Crippen molar-refractivity contribution in [2.45, 2.75) is 37.8 Å². The first-order valence-corrected chi connectivity index (χ1v) is 3.14. The molecule has 0 nitrogen and oxygen atoms in total. The number of hydrogen-bond acceptors (Lipinski definition) is 0. The highest BCUT2D eigenvalue weighted by molar-refractivity contribution is 4.81. The first-order valence-electron chi connectivity index (χ1n) is 3.14. The van der Waals surface area contributed by atoms with Crippen molar-refractivity contribution in [2.75, 3.05) is 0 Å². The van der Waals surface area contributed by atoms with Crippen LogP contribution in [-0.4, -0.2) is 18.5 Å². The van der Waals surface area contributed by atoms with E-state index in [1.165, 1.54) is 0 Å². The van der Waals surface area contributed by atoms with Gasteiger partial charge in [-0.05, 0) is 19.3 Å². The summed E-state index contributed by atoms with van der Waals surface area (Å²) in [6, 6.07) is 0. The van der Waals surface area contributed by atoms with Crippen LogP contribution in [0.5, 0.6) is 0 Å². The van der Waals surface area contributed by atoms with Crippen LogP contribution >= 0.6 is 0 Å². The summed E-state index contributed by atoms with van der Waals surface area (Å²) in [5.74, 6) is 0. The van der Waals surface area contributed by atoms with Gasteiger partial charge >= 0.3 is 0 Å². The Labute approximate surface area is 52.1 Å². The SMILES string of the molecule is FC1[C@H](F)CCC[C@@H]1F. The number of alkyl halides is 3. The van der Waals surface area contributed by atoms with Gasteiger partial charge in [-0.25, -0.2) is 13.2 Å². The Morgan fingerprint density at radius 3 is 1.67 bits per heavy atom. The third kappa shape index (κ3) is 1.37. The van der Waals surface area contributed by atoms with Crippen LogP contribution in [0.15, 0.2) is 0 Å². The minimum atomic E-state index is -1.86. The zero-order valence-corrected chi connectivity index (χ0v) is 4.99. The summed E-state index contributed by atoms with van der Waals surface area (Å²) in [5.41, 5.74) is 0. The lowest BCUT2D eigenvalue weighted by Gasteiger charge is -2.22. The molecule has 1 rings (SSSR count). The zero-order valence-electron chi connectivity index (χ0n) is 4.99. The molecule has 3 atom stereocenters. The van der Waals surface area contributed by atoms with Gasteiger partial charge in [-0.15, -0.1) is 0 Å². The molecule has 1 unspecified atom stereocenters. The fourth-order valence-corrected chi connectivity index (χ4v) is 1.05. The van der Waals surface area contributed by atoms with Crippen molar-refractivity contribution in [1.29, 1.82) is 0 Å². The third-order valence-corrected chi connectivity index (χ3v) is 1.65. The number of halogens is 3. The first-order chi connectivity index (χ1) is 4.22. The van der Waals surface area contributed by atoms with Crippen molar-refractivity contribution in [3.05, 3.63) is 0 Å². The van der Waals surface area contributed by atoms with Crippen LogP contribution in [0.25, 0.3) is 0 Å². The Balaban J connectivity index is 2.41. The van der Waals surface area contributed by atoms with Gasteiger partial charge in [0.2, 0.25) is 0 Å². The minimum Gasteiger partial charge on any atom is -0.244 e. The second-order valence-corrected chi connectivity index (χ2v) is 2.41. The molecule has 0 bridgehead atoms. The van der Waals surface area contributed by atoms with Gasteiger partial charge in [0.05, 0.1) is 0 Å². The van der Waals surface area contributed by atoms with E-state index in [9.17, 15) is 13.2 Å². The van der Waals surface area contributed by atoms with Crippen LogP contribution in [0.3, 0.4) is 0 Å². The van der Waals surface area contributed by atoms with Crippen LogP contribution in [0.2, 0.25) is 0 Å². The van der Waals surface area contributed by atoms with Crippen molar-refractivity contribution < 1.29 is 13.2 Å². The minimum absolute atomic E-state index is 0.182. The topological polar surface area (TPSA) is 0 Å². The summed E-state index contributed by atoms with van der Waals surface area (Å²) in [5, 5.41) is 0. The van der Waals surface area contributed by atoms with E-state index in [0.29, 0.717) is 6.42 Å². The van der Waals surface area contributed by atoms with Crippen LogP contribution < -0.4 is 0 Å². The Kier molecular flexibility index (Phi) is 1.98. The molecule has 0 saturated heterocycles. The molecule has 0 aromatic rings. The molecule has 0 radical (unpaired) electrons. The van der Waals surface area contributed by atoms with Gasteiger partial charge in [-0.1, -0.05) is 0 Å². The molecule has 1 aliphatic rings. The van der Waals surface area contributed by atoms with E-state index >= 15 is 0 Å². The average molecular weight is 138 g/mol. The van der Waals surface area contributed by atoms with E-state index in [1.807, 2.05) is 0 Å². The highest BCUT2D eigenvalue weighted by Gasteiger charge is 2.33. The van der Waals surface area contributed by atoms with E-state index in [2.05, 4.69) is 0 Å². The molecule has 1 saturated carbocycles. The Morgan fingerprint density at radius 1 is 0.889 bits per heavy atom. The largest absolute Gasteiger partial charge is 0.244 e. The number of rotatable bonds is 0. The molecular formula is C6H9F3. The van der Waals surface area contributed by atoms with Gasteiger partial charge < -0.3 is 0 Å². The Bertz CT molecular complexity index is 84.3. The second-order valence-electron chi connectivity index (χ2n) is 2.41. The highest BCUT2D eigenvalue weighted by Crippen LogP contribution is 2.26. The average Bonchev–Trinajstić information content (AvgIpc) is 1.83. The predicted octanol–water partition coefficient (Wildman–Crippen LogP) is 2.18. The maximum absolute atomic E-state index is 12.2. The summed E-state index contributed by atoms with van der Waals surface area (Å²) >= 11 is 0. The van der Waals surface area contributed by atoms with Crippen molar-refractivity contribution >= 4 is 0 Å². The lowest BCUT2D eigenvalue weighted by Crippen LogP contribution is -2.32. The fraction of sp³-hybridized carbons (Fsp3) is 1.00. The van der Waals surface area contributed by atoms with Gasteiger partial charge in [-0.2, -0.15) is 0 Å². The maximum Gasteiger partial charge on any atom is 0.162 e. The normalized spacial score (nSPS) is 45.0. The monoisotopic (exact) mass is 138 g/mol. The molecule has 0 spiro atoms. The van der Waals surface area contributed by atoms with Gasteiger partial charge in [-0.3, -0.25) is 0 Å². The smallest absolute Gasteiger partial charge is 0.162 e. The van der Waals surface area contributed by atoms with Crippen molar-refractivity contribution in [3.8, 4) is 0 Å². The molecule has 9 heavy (non-hydrogen) atoms. The Morgan fingerprint density at radius 2 is 1.33 bits per heavy atom. The third-order valence-electron chi connectivity index (χ3n) is 1.65. The maximum atomic E-state index is 12.2. The predicted molar refractivity (Wildman–Crippen MR) is 28.5 cm³/mol. The summed E-state index contributed by atoms with van der Waals surface area (Å²) in [6.07, 6.45) is -4.15. The summed E-state index contributed by atoms with van der Waals surface area (Å²) in [6.45, 7) is 0. The van der Waals surface area contributed by atoms with Crippen LogP contribution in [0, 0.1) is 0 Å². The van der Waals surface area contributed by atoms with E-state index in [4.69, 9.17) is 0 Å². The Hall–Kier alpha value is -0.210. The molecular weight excluding hydrogens is 129 g/mol. The van der Waals surface area contributed by atoms with E-state index in [1.54, 1.807) is 0 Å². The van der Waals surface area contributed by atoms with Gasteiger partial charge in [0.1, 0.15) is 12.3 Å². The molecule has 0 aromatic heterocycles. The fourth-order valence-electron chi connectivity index (χ4n) is 1.05. The molecule has 0 amide bonds. The van der Waals surface area contributed by atoms with Crippen molar-refractivity contribution in [3.63, 3.8) is 0 Å². The van der Waals surface area contributed by atoms with Crippen LogP contribution in [-0.2, 0) is 0 Å². The van der Waals surface area contributed by atoms with Crippen molar-refractivity contribution in [2.24, 2.45) is 0 Å². The van der Waals surface area contributed by atoms with E-state index in [0.717, 1.165) is 0 Å². The van der Waals surface area contributed by atoms with E-state index < -0.39 is 18.5 Å². The molecule has 54 valence electrons. The molecule has 0 N–H and O–H groups in total. The lowest BCUT2D eigenvalue weighted by molar-refractivity contribution is 0.0436. The quantitative estimate of drug-likeness (QED) is 0.481. The van der Waals surface area contributed by atoms with Crippen LogP contribution in [0.1, 0.15) is 19.3 Å². The molecule has 1 aliphatic carbocycles. The highest BCUT2D eigenvalue weighted by atomic mass is 19.2. The molecule has 0 heterocycles. The summed E-state index contributed by atoms with van der Waals surface area (Å²) < 4.78 is 36.6. The van der Waals surface area contributed by atoms with Gasteiger partial charge in [0.25, 0.3) is 0 Å². The molecule has 1 fully saturated rings. The molecule has 0 aliphatic heterocycles. The van der Waals surface area contributed by atoms with Crippen LogP contribution in [0.4, 0.5) is 13.2 Å². The lowest BCUT2D eigenvalue weighted by atomic mass is 9.95. The number of hydrogen-bond donors (Lipinski definition) is 0. The van der Waals surface area contributed by atoms with Gasteiger partial charge in [0.15, 0.2) is 6.17 Å². The van der Waals surface area contributed by atoms with E-state index in [-0.39, 0.29) is 12.8 Å². The van der Waals surface area contributed by atoms with Crippen molar-refractivity contribution in [1.82, 2.24) is 0 Å². The molecule has 0 aromatic carbocycles. The second kappa shape index (κ2) is 2.58. The summed E-state index contributed by atoms with van der Waals surface area (Å²) in [7, 11) is 0.